The number of amides is 1. The zero-order valence-electron chi connectivity index (χ0n) is 10.7. The van der Waals surface area contributed by atoms with Crippen molar-refractivity contribution >= 4 is 12.1 Å². The van der Waals surface area contributed by atoms with Crippen LogP contribution in [0.25, 0.3) is 11.1 Å². The highest BCUT2D eigenvalue weighted by molar-refractivity contribution is 5.87. The van der Waals surface area contributed by atoms with Gasteiger partial charge in [-0.1, -0.05) is 30.3 Å². The molecular formula is C15H12F3NO. The fourth-order valence-corrected chi connectivity index (χ4v) is 2.00. The Bertz CT molecular complexity index is 618. The Balaban J connectivity index is 2.47. The van der Waals surface area contributed by atoms with E-state index >= 15 is 0 Å². The number of carbonyl (C=O) groups excluding carboxylic acids is 1. The maximum atomic E-state index is 12.5. The van der Waals surface area contributed by atoms with Crippen molar-refractivity contribution in [1.29, 1.82) is 0 Å². The molecule has 0 spiro atoms. The number of halogens is 3. The monoisotopic (exact) mass is 279 g/mol. The Morgan fingerprint density at radius 3 is 2.25 bits per heavy atom. The van der Waals surface area contributed by atoms with Crippen LogP contribution in [0.15, 0.2) is 42.5 Å². The number of hydrogen-bond acceptors (Lipinski definition) is 1. The summed E-state index contributed by atoms with van der Waals surface area (Å²) in [5, 5.41) is 2.58. The molecule has 104 valence electrons. The molecule has 0 aromatic heterocycles. The highest BCUT2D eigenvalue weighted by Gasteiger charge is 2.30. The topological polar surface area (TPSA) is 29.1 Å². The average molecular weight is 279 g/mol. The zero-order chi connectivity index (χ0) is 14.8. The number of carbonyl (C=O) groups is 1. The largest absolute Gasteiger partial charge is 0.416 e. The Morgan fingerprint density at radius 1 is 1.05 bits per heavy atom. The lowest BCUT2D eigenvalue weighted by atomic mass is 9.99. The molecule has 0 heterocycles. The van der Waals surface area contributed by atoms with E-state index in [-0.39, 0.29) is 0 Å². The molecule has 0 aliphatic heterocycles. The van der Waals surface area contributed by atoms with Crippen LogP contribution in [-0.4, -0.2) is 6.41 Å². The highest BCUT2D eigenvalue weighted by atomic mass is 19.4. The standard InChI is InChI=1S/C15H12F3NO/c1-10-3-2-4-13(14(10)19-9-20)11-5-7-12(8-6-11)15(16,17)18/h2-9H,1H3,(H,19,20). The first-order valence-electron chi connectivity index (χ1n) is 5.91. The maximum Gasteiger partial charge on any atom is 0.416 e. The van der Waals surface area contributed by atoms with E-state index in [1.54, 1.807) is 12.1 Å². The minimum atomic E-state index is -4.35. The summed E-state index contributed by atoms with van der Waals surface area (Å²) in [4.78, 5) is 10.6. The fourth-order valence-electron chi connectivity index (χ4n) is 2.00. The van der Waals surface area contributed by atoms with Crippen molar-refractivity contribution in [2.24, 2.45) is 0 Å². The van der Waals surface area contributed by atoms with Crippen molar-refractivity contribution in [3.8, 4) is 11.1 Å². The van der Waals surface area contributed by atoms with Crippen molar-refractivity contribution in [3.63, 3.8) is 0 Å². The van der Waals surface area contributed by atoms with Gasteiger partial charge in [0.2, 0.25) is 6.41 Å². The number of benzene rings is 2. The minimum Gasteiger partial charge on any atom is -0.328 e. The van der Waals surface area contributed by atoms with E-state index in [4.69, 9.17) is 0 Å². The minimum absolute atomic E-state index is 0.552. The SMILES string of the molecule is Cc1cccc(-c2ccc(C(F)(F)F)cc2)c1NC=O. The molecule has 0 radical (unpaired) electrons. The van der Waals surface area contributed by atoms with E-state index in [1.165, 1.54) is 12.1 Å². The molecule has 1 N–H and O–H groups in total. The fraction of sp³-hybridized carbons (Fsp3) is 0.133. The molecule has 2 aromatic rings. The molecule has 1 amide bonds. The van der Waals surface area contributed by atoms with Gasteiger partial charge in [0.1, 0.15) is 0 Å². The molecule has 0 bridgehead atoms. The van der Waals surface area contributed by atoms with E-state index in [0.29, 0.717) is 23.2 Å². The van der Waals surface area contributed by atoms with E-state index in [0.717, 1.165) is 17.7 Å². The van der Waals surface area contributed by atoms with Crippen LogP contribution in [0.2, 0.25) is 0 Å². The summed E-state index contributed by atoms with van der Waals surface area (Å²) in [5.41, 5.74) is 2.05. The summed E-state index contributed by atoms with van der Waals surface area (Å²) >= 11 is 0. The Kier molecular flexibility index (Phi) is 3.79. The summed E-state index contributed by atoms with van der Waals surface area (Å²) in [6, 6.07) is 10.2. The van der Waals surface area contributed by atoms with Gasteiger partial charge in [-0.2, -0.15) is 13.2 Å². The first-order valence-corrected chi connectivity index (χ1v) is 5.91. The first-order chi connectivity index (χ1) is 9.43. The molecule has 0 saturated carbocycles. The molecule has 0 unspecified atom stereocenters. The van der Waals surface area contributed by atoms with E-state index in [2.05, 4.69) is 5.32 Å². The van der Waals surface area contributed by atoms with Crippen molar-refractivity contribution in [2.75, 3.05) is 5.32 Å². The third-order valence-electron chi connectivity index (χ3n) is 3.00. The molecule has 0 fully saturated rings. The molecule has 5 heteroatoms. The molecule has 0 saturated heterocycles. The van der Waals surface area contributed by atoms with E-state index < -0.39 is 11.7 Å². The maximum absolute atomic E-state index is 12.5. The summed E-state index contributed by atoms with van der Waals surface area (Å²) in [6.07, 6.45) is -3.80. The Morgan fingerprint density at radius 2 is 1.70 bits per heavy atom. The van der Waals surface area contributed by atoms with E-state index in [1.807, 2.05) is 13.0 Å². The number of alkyl halides is 3. The van der Waals surface area contributed by atoms with Gasteiger partial charge >= 0.3 is 6.18 Å². The van der Waals surface area contributed by atoms with Gasteiger partial charge in [0.05, 0.1) is 11.3 Å². The van der Waals surface area contributed by atoms with Crippen LogP contribution < -0.4 is 5.32 Å². The smallest absolute Gasteiger partial charge is 0.328 e. The van der Waals surface area contributed by atoms with E-state index in [9.17, 15) is 18.0 Å². The summed E-state index contributed by atoms with van der Waals surface area (Å²) < 4.78 is 37.6. The van der Waals surface area contributed by atoms with Crippen LogP contribution in [0.4, 0.5) is 18.9 Å². The van der Waals surface area contributed by atoms with Crippen molar-refractivity contribution < 1.29 is 18.0 Å². The number of aryl methyl sites for hydroxylation is 1. The quantitative estimate of drug-likeness (QED) is 0.836. The van der Waals surface area contributed by atoms with Crippen molar-refractivity contribution in [1.82, 2.24) is 0 Å². The van der Waals surface area contributed by atoms with Crippen LogP contribution >= 0.6 is 0 Å². The predicted octanol–water partition coefficient (Wildman–Crippen LogP) is 4.25. The lowest BCUT2D eigenvalue weighted by molar-refractivity contribution is -0.137. The lowest BCUT2D eigenvalue weighted by Gasteiger charge is -2.12. The normalized spacial score (nSPS) is 11.2. The third kappa shape index (κ3) is 2.82. The molecular weight excluding hydrogens is 267 g/mol. The molecule has 2 nitrogen and oxygen atoms in total. The molecule has 0 aliphatic rings. The molecule has 2 aromatic carbocycles. The molecule has 0 atom stereocenters. The highest BCUT2D eigenvalue weighted by Crippen LogP contribution is 2.34. The third-order valence-corrected chi connectivity index (χ3v) is 3.00. The van der Waals surface area contributed by atoms with Gasteiger partial charge in [-0.25, -0.2) is 0 Å². The van der Waals surface area contributed by atoms with Crippen LogP contribution in [0, 0.1) is 6.92 Å². The predicted molar refractivity (Wildman–Crippen MR) is 71.3 cm³/mol. The number of hydrogen-bond donors (Lipinski definition) is 1. The second-order valence-corrected chi connectivity index (χ2v) is 4.33. The summed E-state index contributed by atoms with van der Waals surface area (Å²) in [6.45, 7) is 1.82. The van der Waals surface area contributed by atoms with Gasteiger partial charge in [-0.15, -0.1) is 0 Å². The number of rotatable bonds is 3. The second kappa shape index (κ2) is 5.36. The Labute approximate surface area is 114 Å². The van der Waals surface area contributed by atoms with Crippen LogP contribution in [0.1, 0.15) is 11.1 Å². The van der Waals surface area contributed by atoms with Gasteiger partial charge < -0.3 is 5.32 Å². The van der Waals surface area contributed by atoms with Gasteiger partial charge in [0, 0.05) is 5.56 Å². The summed E-state index contributed by atoms with van der Waals surface area (Å²) in [7, 11) is 0. The van der Waals surface area contributed by atoms with Crippen molar-refractivity contribution in [2.45, 2.75) is 13.1 Å². The van der Waals surface area contributed by atoms with Crippen LogP contribution in [0.3, 0.4) is 0 Å². The summed E-state index contributed by atoms with van der Waals surface area (Å²) in [5.74, 6) is 0. The van der Waals surface area contributed by atoms with Gasteiger partial charge in [0.25, 0.3) is 0 Å². The number of para-hydroxylation sites is 1. The number of anilines is 1. The van der Waals surface area contributed by atoms with Gasteiger partial charge in [-0.3, -0.25) is 4.79 Å². The van der Waals surface area contributed by atoms with Crippen molar-refractivity contribution in [3.05, 3.63) is 53.6 Å². The van der Waals surface area contributed by atoms with Crippen LogP contribution in [-0.2, 0) is 11.0 Å². The first kappa shape index (κ1) is 14.1. The molecule has 20 heavy (non-hydrogen) atoms. The van der Waals surface area contributed by atoms with Crippen LogP contribution in [0.5, 0.6) is 0 Å². The Hall–Kier alpha value is -2.30. The van der Waals surface area contributed by atoms with Gasteiger partial charge in [-0.05, 0) is 30.2 Å². The number of nitrogens with one attached hydrogen (secondary N) is 1. The molecule has 0 aliphatic carbocycles. The lowest BCUT2D eigenvalue weighted by Crippen LogP contribution is -2.04. The van der Waals surface area contributed by atoms with Gasteiger partial charge in [0.15, 0.2) is 0 Å². The molecule has 2 rings (SSSR count). The zero-order valence-corrected chi connectivity index (χ0v) is 10.7. The average Bonchev–Trinajstić information content (AvgIpc) is 2.40. The second-order valence-electron chi connectivity index (χ2n) is 4.33.